The molecule has 3 heterocycles. The maximum Gasteiger partial charge on any atom is 0.185 e. The number of hydrogen-bond acceptors (Lipinski definition) is 5. The van der Waals surface area contributed by atoms with Gasteiger partial charge in [0.05, 0.1) is 5.69 Å². The van der Waals surface area contributed by atoms with Crippen molar-refractivity contribution in [2.24, 2.45) is 0 Å². The van der Waals surface area contributed by atoms with Crippen LogP contribution in [-0.2, 0) is 0 Å². The van der Waals surface area contributed by atoms with Crippen molar-refractivity contribution in [2.75, 3.05) is 0 Å². The quantitative estimate of drug-likeness (QED) is 0.535. The fourth-order valence-corrected chi connectivity index (χ4v) is 2.74. The monoisotopic (exact) mass is 381 g/mol. The Bertz CT molecular complexity index is 993. The summed E-state index contributed by atoms with van der Waals surface area (Å²) < 4.78 is 7.91. The molecular weight excluding hydrogens is 370 g/mol. The van der Waals surface area contributed by atoms with Gasteiger partial charge < -0.3 is 4.52 Å². The molecule has 0 amide bonds. The van der Waals surface area contributed by atoms with E-state index < -0.39 is 0 Å². The highest BCUT2D eigenvalue weighted by Gasteiger charge is 2.18. The number of rotatable bonds is 3. The van der Waals surface area contributed by atoms with Crippen molar-refractivity contribution in [2.45, 2.75) is 6.92 Å². The van der Waals surface area contributed by atoms with Crippen LogP contribution >= 0.6 is 15.9 Å². The van der Waals surface area contributed by atoms with Crippen molar-refractivity contribution in [1.82, 2.24) is 24.9 Å². The van der Waals surface area contributed by atoms with Crippen molar-refractivity contribution in [1.29, 1.82) is 0 Å². The van der Waals surface area contributed by atoms with E-state index in [1.54, 1.807) is 17.1 Å². The van der Waals surface area contributed by atoms with E-state index in [1.165, 1.54) is 0 Å². The first-order chi connectivity index (χ1) is 11.7. The van der Waals surface area contributed by atoms with Crippen LogP contribution in [0.1, 0.15) is 5.76 Å². The molecule has 118 valence electrons. The van der Waals surface area contributed by atoms with Gasteiger partial charge in [0.15, 0.2) is 17.3 Å². The van der Waals surface area contributed by atoms with Gasteiger partial charge in [-0.25, -0.2) is 9.67 Å². The van der Waals surface area contributed by atoms with Gasteiger partial charge >= 0.3 is 0 Å². The minimum Gasteiger partial charge on any atom is -0.361 e. The summed E-state index contributed by atoms with van der Waals surface area (Å²) in [6.45, 7) is 1.85. The number of nitrogens with zero attached hydrogens (tertiary/aromatic N) is 5. The summed E-state index contributed by atoms with van der Waals surface area (Å²) in [5.41, 5.74) is 2.35. The first kappa shape index (κ1) is 14.8. The zero-order valence-corrected chi connectivity index (χ0v) is 14.3. The van der Waals surface area contributed by atoms with Crippen molar-refractivity contribution < 1.29 is 4.52 Å². The second kappa shape index (κ2) is 6.01. The Hall–Kier alpha value is -2.80. The molecule has 7 heteroatoms. The van der Waals surface area contributed by atoms with Crippen LogP contribution in [0.5, 0.6) is 0 Å². The summed E-state index contributed by atoms with van der Waals surface area (Å²) >= 11 is 3.49. The van der Waals surface area contributed by atoms with Crippen LogP contribution in [0.15, 0.2) is 63.9 Å². The number of pyridine rings is 1. The Morgan fingerprint density at radius 2 is 2.04 bits per heavy atom. The maximum absolute atomic E-state index is 5.20. The van der Waals surface area contributed by atoms with Crippen molar-refractivity contribution >= 4 is 15.9 Å². The van der Waals surface area contributed by atoms with Gasteiger partial charge in [-0.05, 0) is 37.3 Å². The molecule has 0 aliphatic rings. The van der Waals surface area contributed by atoms with E-state index in [4.69, 9.17) is 4.52 Å². The summed E-state index contributed by atoms with van der Waals surface area (Å²) in [5, 5.41) is 8.72. The van der Waals surface area contributed by atoms with Gasteiger partial charge in [0, 0.05) is 28.5 Å². The first-order valence-electron chi connectivity index (χ1n) is 7.28. The average molecular weight is 382 g/mol. The average Bonchev–Trinajstić information content (AvgIpc) is 3.22. The lowest BCUT2D eigenvalue weighted by Gasteiger charge is -2.03. The molecule has 3 aromatic heterocycles. The number of aromatic nitrogens is 5. The molecule has 4 aromatic rings. The molecule has 4 rings (SSSR count). The molecule has 6 nitrogen and oxygen atoms in total. The number of benzene rings is 1. The topological polar surface area (TPSA) is 69.6 Å². The van der Waals surface area contributed by atoms with Crippen molar-refractivity contribution in [3.63, 3.8) is 0 Å². The fraction of sp³-hybridized carbons (Fsp3) is 0.0588. The molecule has 0 saturated carbocycles. The summed E-state index contributed by atoms with van der Waals surface area (Å²) in [7, 11) is 0. The Kier molecular flexibility index (Phi) is 3.70. The third kappa shape index (κ3) is 2.74. The zero-order chi connectivity index (χ0) is 16.5. The van der Waals surface area contributed by atoms with Gasteiger partial charge in [0.1, 0.15) is 5.76 Å². The number of aryl methyl sites for hydroxylation is 1. The maximum atomic E-state index is 5.20. The smallest absolute Gasteiger partial charge is 0.185 e. The van der Waals surface area contributed by atoms with Crippen LogP contribution in [0.25, 0.3) is 28.6 Å². The summed E-state index contributed by atoms with van der Waals surface area (Å²) in [6, 6.07) is 13.5. The Morgan fingerprint density at radius 1 is 1.12 bits per heavy atom. The van der Waals surface area contributed by atoms with Crippen LogP contribution in [0.3, 0.4) is 0 Å². The normalized spacial score (nSPS) is 10.9. The lowest BCUT2D eigenvalue weighted by Crippen LogP contribution is -1.99. The standard InChI is InChI=1S/C17H12BrN5O/c1-11-8-15(22-24-11)17-20-16(12-4-3-7-19-10-12)21-23(17)14-6-2-5-13(18)9-14/h2-10H,1H3. The van der Waals surface area contributed by atoms with E-state index in [2.05, 4.69) is 36.2 Å². The molecule has 0 radical (unpaired) electrons. The van der Waals surface area contributed by atoms with Crippen LogP contribution in [-0.4, -0.2) is 24.9 Å². The Balaban J connectivity index is 1.92. The SMILES string of the molecule is Cc1cc(-c2nc(-c3cccnc3)nn2-c2cccc(Br)c2)no1. The number of halogens is 1. The Morgan fingerprint density at radius 3 is 2.75 bits per heavy atom. The molecule has 1 aromatic carbocycles. The van der Waals surface area contributed by atoms with Gasteiger partial charge in [-0.15, -0.1) is 5.10 Å². The van der Waals surface area contributed by atoms with E-state index in [9.17, 15) is 0 Å². The van der Waals surface area contributed by atoms with Crippen LogP contribution < -0.4 is 0 Å². The second-order valence-corrected chi connectivity index (χ2v) is 6.13. The molecule has 0 bridgehead atoms. The van der Waals surface area contributed by atoms with Gasteiger partial charge in [0.2, 0.25) is 0 Å². The van der Waals surface area contributed by atoms with E-state index in [0.717, 1.165) is 21.5 Å². The third-order valence-corrected chi connectivity index (χ3v) is 3.93. The summed E-state index contributed by atoms with van der Waals surface area (Å²) in [6.07, 6.45) is 3.45. The fourth-order valence-electron chi connectivity index (χ4n) is 2.35. The van der Waals surface area contributed by atoms with Crippen LogP contribution in [0.2, 0.25) is 0 Å². The summed E-state index contributed by atoms with van der Waals surface area (Å²) in [4.78, 5) is 8.78. The van der Waals surface area contributed by atoms with E-state index in [-0.39, 0.29) is 0 Å². The largest absolute Gasteiger partial charge is 0.361 e. The van der Waals surface area contributed by atoms with E-state index in [1.807, 2.05) is 49.4 Å². The lowest BCUT2D eigenvalue weighted by molar-refractivity contribution is 0.399. The molecule has 0 N–H and O–H groups in total. The molecule has 0 saturated heterocycles. The van der Waals surface area contributed by atoms with Gasteiger partial charge in [-0.3, -0.25) is 4.98 Å². The first-order valence-corrected chi connectivity index (χ1v) is 8.07. The predicted molar refractivity (Wildman–Crippen MR) is 92.5 cm³/mol. The molecule has 24 heavy (non-hydrogen) atoms. The molecular formula is C17H12BrN5O. The minimum atomic E-state index is 0.582. The van der Waals surface area contributed by atoms with E-state index >= 15 is 0 Å². The Labute approximate surface area is 146 Å². The third-order valence-electron chi connectivity index (χ3n) is 3.44. The molecule has 0 spiro atoms. The van der Waals surface area contributed by atoms with Gasteiger partial charge in [0.25, 0.3) is 0 Å². The zero-order valence-electron chi connectivity index (χ0n) is 12.7. The molecule has 0 atom stereocenters. The van der Waals surface area contributed by atoms with E-state index in [0.29, 0.717) is 17.3 Å². The van der Waals surface area contributed by atoms with Gasteiger partial charge in [-0.2, -0.15) is 0 Å². The molecule has 0 aliphatic heterocycles. The van der Waals surface area contributed by atoms with Crippen LogP contribution in [0.4, 0.5) is 0 Å². The highest BCUT2D eigenvalue weighted by molar-refractivity contribution is 9.10. The minimum absolute atomic E-state index is 0.582. The number of hydrogen-bond donors (Lipinski definition) is 0. The second-order valence-electron chi connectivity index (χ2n) is 5.22. The predicted octanol–water partition coefficient (Wildman–Crippen LogP) is 4.06. The highest BCUT2D eigenvalue weighted by atomic mass is 79.9. The van der Waals surface area contributed by atoms with Gasteiger partial charge in [-0.1, -0.05) is 27.2 Å². The lowest BCUT2D eigenvalue weighted by atomic mass is 10.3. The van der Waals surface area contributed by atoms with Crippen molar-refractivity contribution in [3.05, 3.63) is 65.1 Å². The van der Waals surface area contributed by atoms with Crippen LogP contribution in [0, 0.1) is 6.92 Å². The summed E-state index contributed by atoms with van der Waals surface area (Å²) in [5.74, 6) is 1.92. The molecule has 0 fully saturated rings. The van der Waals surface area contributed by atoms with Crippen molar-refractivity contribution in [3.8, 4) is 28.6 Å². The molecule has 0 aliphatic carbocycles. The molecule has 0 unspecified atom stereocenters. The highest BCUT2D eigenvalue weighted by Crippen LogP contribution is 2.25.